The molecule has 2 heterocycles. The molecule has 0 spiro atoms. The Kier molecular flexibility index (Phi) is 11.4. The molecule has 182 valence electrons. The fourth-order valence-corrected chi connectivity index (χ4v) is 4.08. The average molecular weight is 450 g/mol. The lowest BCUT2D eigenvalue weighted by molar-refractivity contribution is 0.0963. The number of aliphatic imine (C=N–C) groups is 1. The van der Waals surface area contributed by atoms with Crippen LogP contribution in [-0.2, 0) is 11.2 Å². The first kappa shape index (κ1) is 26.0. The van der Waals surface area contributed by atoms with E-state index in [4.69, 9.17) is 14.1 Å². The highest BCUT2D eigenvalue weighted by Crippen LogP contribution is 2.12. The van der Waals surface area contributed by atoms with Crippen LogP contribution in [0.4, 0.5) is 4.79 Å². The maximum absolute atomic E-state index is 11.9. The Morgan fingerprint density at radius 2 is 2.00 bits per heavy atom. The molecule has 1 aromatic heterocycles. The van der Waals surface area contributed by atoms with E-state index in [1.54, 1.807) is 11.2 Å². The van der Waals surface area contributed by atoms with Gasteiger partial charge < -0.3 is 24.7 Å². The maximum atomic E-state index is 11.9. The zero-order valence-corrected chi connectivity index (χ0v) is 20.6. The Balaban J connectivity index is 1.86. The Morgan fingerprint density at radius 3 is 2.59 bits per heavy atom. The molecular weight excluding hydrogens is 406 g/mol. The van der Waals surface area contributed by atoms with Crippen LogP contribution in [0, 0.1) is 0 Å². The van der Waals surface area contributed by atoms with E-state index in [1.165, 1.54) is 0 Å². The minimum absolute atomic E-state index is 0.212. The van der Waals surface area contributed by atoms with E-state index in [0.29, 0.717) is 37.8 Å². The van der Waals surface area contributed by atoms with Crippen molar-refractivity contribution in [3.05, 3.63) is 24.2 Å². The van der Waals surface area contributed by atoms with Gasteiger partial charge in [-0.05, 0) is 66.0 Å². The molecule has 8 nitrogen and oxygen atoms in total. The number of piperidine rings is 1. The molecule has 8 heteroatoms. The lowest BCUT2D eigenvalue weighted by atomic mass is 10.1. The van der Waals surface area contributed by atoms with Crippen molar-refractivity contribution in [3.63, 3.8) is 0 Å². The van der Waals surface area contributed by atoms with Gasteiger partial charge in [-0.1, -0.05) is 0 Å². The second-order valence-corrected chi connectivity index (χ2v) is 8.87. The number of ether oxygens (including phenoxy) is 1. The number of likely N-dealkylation sites (tertiary alicyclic amines) is 1. The molecule has 1 fully saturated rings. The average Bonchev–Trinajstić information content (AvgIpc) is 3.27. The van der Waals surface area contributed by atoms with Crippen molar-refractivity contribution < 1.29 is 13.9 Å². The highest BCUT2D eigenvalue weighted by Gasteiger charge is 2.24. The minimum Gasteiger partial charge on any atom is -0.469 e. The predicted octanol–water partition coefficient (Wildman–Crippen LogP) is 3.49. The first-order valence-electron chi connectivity index (χ1n) is 12.1. The summed E-state index contributed by atoms with van der Waals surface area (Å²) in [5, 5.41) is 7.03. The third-order valence-electron chi connectivity index (χ3n) is 5.78. The highest BCUT2D eigenvalue weighted by molar-refractivity contribution is 5.80. The van der Waals surface area contributed by atoms with E-state index in [2.05, 4.69) is 43.2 Å². The molecule has 0 bridgehead atoms. The fourth-order valence-electron chi connectivity index (χ4n) is 4.08. The van der Waals surface area contributed by atoms with E-state index in [-0.39, 0.29) is 6.09 Å². The van der Waals surface area contributed by atoms with Gasteiger partial charge in [0.1, 0.15) is 5.76 Å². The molecule has 0 aliphatic carbocycles. The molecule has 2 rings (SSSR count). The van der Waals surface area contributed by atoms with Gasteiger partial charge in [0.15, 0.2) is 5.96 Å². The molecule has 0 aromatic carbocycles. The Bertz CT molecular complexity index is 659. The molecule has 0 atom stereocenters. The third kappa shape index (κ3) is 9.10. The normalized spacial score (nSPS) is 15.6. The van der Waals surface area contributed by atoms with Gasteiger partial charge in [-0.3, -0.25) is 9.89 Å². The Morgan fingerprint density at radius 1 is 1.28 bits per heavy atom. The van der Waals surface area contributed by atoms with E-state index in [9.17, 15) is 4.79 Å². The maximum Gasteiger partial charge on any atom is 0.409 e. The highest BCUT2D eigenvalue weighted by atomic mass is 16.6. The summed E-state index contributed by atoms with van der Waals surface area (Å²) >= 11 is 0. The zero-order valence-electron chi connectivity index (χ0n) is 20.6. The number of guanidine groups is 1. The smallest absolute Gasteiger partial charge is 0.409 e. The number of hydrogen-bond donors (Lipinski definition) is 2. The number of furan rings is 1. The van der Waals surface area contributed by atoms with Crippen molar-refractivity contribution >= 4 is 12.1 Å². The van der Waals surface area contributed by atoms with Crippen LogP contribution in [0.15, 0.2) is 27.8 Å². The summed E-state index contributed by atoms with van der Waals surface area (Å²) in [5.74, 6) is 1.80. The number of hydrogen-bond acceptors (Lipinski definition) is 5. The quantitative estimate of drug-likeness (QED) is 0.306. The van der Waals surface area contributed by atoms with Crippen LogP contribution in [0.3, 0.4) is 0 Å². The molecule has 0 unspecified atom stereocenters. The van der Waals surface area contributed by atoms with Crippen LogP contribution in [0.2, 0.25) is 0 Å². The second kappa shape index (κ2) is 14.0. The molecule has 32 heavy (non-hydrogen) atoms. The lowest BCUT2D eigenvalue weighted by Gasteiger charge is -2.32. The van der Waals surface area contributed by atoms with Gasteiger partial charge in [0.05, 0.1) is 12.9 Å². The van der Waals surface area contributed by atoms with Crippen LogP contribution >= 0.6 is 0 Å². The standard InChI is InChI=1S/C24H43N5O3/c1-6-31-24(30)28-16-11-21(12-17-28)27-23(26-14-10-22-9-7-18-32-22)25-13-8-15-29(19(2)3)20(4)5/h7,9,18-21H,6,8,10-17H2,1-5H3,(H2,25,26,27). The molecule has 1 saturated heterocycles. The van der Waals surface area contributed by atoms with E-state index >= 15 is 0 Å². The van der Waals surface area contributed by atoms with Crippen LogP contribution in [0.1, 0.15) is 59.6 Å². The molecule has 1 aliphatic rings. The van der Waals surface area contributed by atoms with E-state index in [0.717, 1.165) is 57.0 Å². The SMILES string of the molecule is CCOC(=O)N1CCC(NC(=NCCCN(C(C)C)C(C)C)NCCc2ccco2)CC1. The van der Waals surface area contributed by atoms with Crippen molar-refractivity contribution in [3.8, 4) is 0 Å². The van der Waals surface area contributed by atoms with Gasteiger partial charge in [0.2, 0.25) is 0 Å². The fraction of sp³-hybridized carbons (Fsp3) is 0.750. The number of nitrogens with one attached hydrogen (secondary N) is 2. The summed E-state index contributed by atoms with van der Waals surface area (Å²) in [4.78, 5) is 21.1. The monoisotopic (exact) mass is 449 g/mol. The topological polar surface area (TPSA) is 82.3 Å². The molecular formula is C24H43N5O3. The van der Waals surface area contributed by atoms with Gasteiger partial charge in [-0.25, -0.2) is 4.79 Å². The van der Waals surface area contributed by atoms with Crippen molar-refractivity contribution in [1.82, 2.24) is 20.4 Å². The van der Waals surface area contributed by atoms with Crippen LogP contribution < -0.4 is 10.6 Å². The first-order chi connectivity index (χ1) is 15.4. The zero-order chi connectivity index (χ0) is 23.3. The number of rotatable bonds is 11. The molecule has 2 N–H and O–H groups in total. The number of carbonyl (C=O) groups excluding carboxylic acids is 1. The van der Waals surface area contributed by atoms with E-state index < -0.39 is 0 Å². The molecule has 0 saturated carbocycles. The molecule has 1 amide bonds. The van der Waals surface area contributed by atoms with Crippen LogP contribution in [0.25, 0.3) is 0 Å². The first-order valence-corrected chi connectivity index (χ1v) is 12.1. The van der Waals surface area contributed by atoms with Gasteiger partial charge in [0.25, 0.3) is 0 Å². The van der Waals surface area contributed by atoms with Gasteiger partial charge in [-0.2, -0.15) is 0 Å². The van der Waals surface area contributed by atoms with Gasteiger partial charge >= 0.3 is 6.09 Å². The Labute approximate surface area is 193 Å². The van der Waals surface area contributed by atoms with Crippen molar-refractivity contribution in [2.24, 2.45) is 4.99 Å². The minimum atomic E-state index is -0.212. The Hall–Kier alpha value is -2.22. The summed E-state index contributed by atoms with van der Waals surface area (Å²) in [6.07, 6.45) is 5.08. The summed E-state index contributed by atoms with van der Waals surface area (Å²) in [7, 11) is 0. The third-order valence-corrected chi connectivity index (χ3v) is 5.78. The van der Waals surface area contributed by atoms with Gasteiger partial charge in [0, 0.05) is 57.3 Å². The lowest BCUT2D eigenvalue weighted by Crippen LogP contribution is -2.50. The largest absolute Gasteiger partial charge is 0.469 e. The summed E-state index contributed by atoms with van der Waals surface area (Å²) in [6.45, 7) is 15.2. The van der Waals surface area contributed by atoms with Crippen molar-refractivity contribution in [2.75, 3.05) is 39.3 Å². The number of amides is 1. The molecule has 1 aromatic rings. The summed E-state index contributed by atoms with van der Waals surface area (Å²) < 4.78 is 10.6. The van der Waals surface area contributed by atoms with Crippen molar-refractivity contribution in [1.29, 1.82) is 0 Å². The van der Waals surface area contributed by atoms with Crippen molar-refractivity contribution in [2.45, 2.75) is 78.4 Å². The molecule has 1 aliphatic heterocycles. The molecule has 0 radical (unpaired) electrons. The van der Waals surface area contributed by atoms with Gasteiger partial charge in [-0.15, -0.1) is 0 Å². The summed E-state index contributed by atoms with van der Waals surface area (Å²) in [5.41, 5.74) is 0. The van der Waals surface area contributed by atoms with Crippen LogP contribution in [0.5, 0.6) is 0 Å². The number of nitrogens with zero attached hydrogens (tertiary/aromatic N) is 3. The van der Waals surface area contributed by atoms with Crippen LogP contribution in [-0.4, -0.2) is 79.3 Å². The second-order valence-electron chi connectivity index (χ2n) is 8.87. The van der Waals surface area contributed by atoms with E-state index in [1.807, 2.05) is 19.1 Å². The summed E-state index contributed by atoms with van der Waals surface area (Å²) in [6, 6.07) is 5.26. The predicted molar refractivity (Wildman–Crippen MR) is 129 cm³/mol. The number of carbonyl (C=O) groups is 1.